The fourth-order valence-electron chi connectivity index (χ4n) is 3.28. The van der Waals surface area contributed by atoms with Gasteiger partial charge in [-0.2, -0.15) is 4.98 Å². The van der Waals surface area contributed by atoms with Crippen LogP contribution in [-0.4, -0.2) is 41.0 Å². The first kappa shape index (κ1) is 18.2. The van der Waals surface area contributed by atoms with E-state index in [1.807, 2.05) is 36.6 Å². The monoisotopic (exact) mass is 398 g/mol. The lowest BCUT2D eigenvalue weighted by Crippen LogP contribution is -2.40. The molecule has 4 rings (SSSR count). The number of aromatic hydroxyl groups is 1. The molecule has 0 saturated heterocycles. The number of nitrogens with zero attached hydrogens (tertiary/aromatic N) is 6. The Balaban J connectivity index is 1.95. The Morgan fingerprint density at radius 2 is 1.86 bits per heavy atom. The molecule has 1 aliphatic rings. The highest BCUT2D eigenvalue weighted by Crippen LogP contribution is 2.34. The summed E-state index contributed by atoms with van der Waals surface area (Å²) in [7, 11) is 2.78. The van der Waals surface area contributed by atoms with Crippen LogP contribution < -0.4 is 11.2 Å². The van der Waals surface area contributed by atoms with E-state index in [1.165, 1.54) is 25.9 Å². The number of aliphatic imine (C=N–C) groups is 1. The molecule has 0 aliphatic carbocycles. The fourth-order valence-corrected chi connectivity index (χ4v) is 3.62. The van der Waals surface area contributed by atoms with Crippen LogP contribution in [0.25, 0.3) is 0 Å². The number of thioether (sulfide) groups is 1. The van der Waals surface area contributed by atoms with Gasteiger partial charge in [0.2, 0.25) is 17.0 Å². The van der Waals surface area contributed by atoms with Crippen molar-refractivity contribution in [1.29, 1.82) is 0 Å². The van der Waals surface area contributed by atoms with Crippen molar-refractivity contribution in [2.24, 2.45) is 19.1 Å². The number of hydrogen-bond acceptors (Lipinski definition) is 7. The molecular weight excluding hydrogens is 380 g/mol. The van der Waals surface area contributed by atoms with Crippen LogP contribution in [0.1, 0.15) is 23.6 Å². The summed E-state index contributed by atoms with van der Waals surface area (Å²) in [5.74, 6) is -0.0496. The highest BCUT2D eigenvalue weighted by atomic mass is 32.2. The minimum absolute atomic E-state index is 0.00508. The summed E-state index contributed by atoms with van der Waals surface area (Å²) in [6.45, 7) is 0. The standard InChI is InChI=1S/C18H18N6O3S/c1-22-14(25)13(15(26)23(2)18(22)27)11-9-12(10-7-5-4-6-8-10)24-16(19-11)20-17(21-24)28-3/h4-8,12,25H,9H2,1-3H3/t12-/m1/s1. The molecule has 1 aliphatic heterocycles. The smallest absolute Gasteiger partial charge is 0.333 e. The van der Waals surface area contributed by atoms with Gasteiger partial charge in [0.25, 0.3) is 5.56 Å². The van der Waals surface area contributed by atoms with E-state index >= 15 is 0 Å². The maximum absolute atomic E-state index is 12.7. The second-order valence-corrected chi connectivity index (χ2v) is 7.21. The van der Waals surface area contributed by atoms with Gasteiger partial charge in [-0.25, -0.2) is 14.5 Å². The normalized spacial score (nSPS) is 16.0. The lowest BCUT2D eigenvalue weighted by molar-refractivity contribution is 0.409. The number of fused-ring (bicyclic) bond motifs is 1. The third kappa shape index (κ3) is 2.76. The van der Waals surface area contributed by atoms with E-state index in [0.717, 1.165) is 14.7 Å². The Morgan fingerprint density at radius 3 is 2.54 bits per heavy atom. The van der Waals surface area contributed by atoms with E-state index in [9.17, 15) is 14.7 Å². The van der Waals surface area contributed by atoms with E-state index in [2.05, 4.69) is 15.1 Å². The Bertz CT molecular complexity index is 1210. The molecule has 0 unspecified atom stereocenters. The zero-order valence-electron chi connectivity index (χ0n) is 15.5. The summed E-state index contributed by atoms with van der Waals surface area (Å²) < 4.78 is 3.72. The van der Waals surface area contributed by atoms with Gasteiger partial charge in [0, 0.05) is 20.5 Å². The highest BCUT2D eigenvalue weighted by Gasteiger charge is 2.31. The lowest BCUT2D eigenvalue weighted by Gasteiger charge is -2.24. The van der Waals surface area contributed by atoms with Crippen molar-refractivity contribution in [3.8, 4) is 5.88 Å². The van der Waals surface area contributed by atoms with Gasteiger partial charge in [-0.1, -0.05) is 42.1 Å². The molecule has 0 amide bonds. The molecule has 144 valence electrons. The average Bonchev–Trinajstić information content (AvgIpc) is 3.14. The molecule has 0 saturated carbocycles. The zero-order valence-corrected chi connectivity index (χ0v) is 16.3. The summed E-state index contributed by atoms with van der Waals surface area (Å²) in [6, 6.07) is 9.47. The first-order valence-electron chi connectivity index (χ1n) is 8.54. The molecular formula is C18H18N6O3S. The highest BCUT2D eigenvalue weighted by molar-refractivity contribution is 7.98. The van der Waals surface area contributed by atoms with Crippen molar-refractivity contribution < 1.29 is 5.11 Å². The van der Waals surface area contributed by atoms with E-state index in [-0.39, 0.29) is 11.6 Å². The van der Waals surface area contributed by atoms with Gasteiger partial charge >= 0.3 is 5.69 Å². The van der Waals surface area contributed by atoms with Gasteiger partial charge in [-0.15, -0.1) is 5.10 Å². The first-order valence-corrected chi connectivity index (χ1v) is 9.77. The maximum atomic E-state index is 12.7. The maximum Gasteiger partial charge on any atom is 0.333 e. The fraction of sp³-hybridized carbons (Fsp3) is 0.278. The van der Waals surface area contributed by atoms with Crippen LogP contribution in [0, 0.1) is 0 Å². The lowest BCUT2D eigenvalue weighted by atomic mass is 9.97. The SMILES string of the molecule is CSc1nc2n(n1)[C@@H](c1ccccc1)CC(c1c(O)n(C)c(=O)n(C)c1=O)=N2. The van der Waals surface area contributed by atoms with E-state index < -0.39 is 17.1 Å². The molecule has 28 heavy (non-hydrogen) atoms. The zero-order chi connectivity index (χ0) is 20.0. The second kappa shape index (κ2) is 6.79. The predicted octanol–water partition coefficient (Wildman–Crippen LogP) is 1.22. The number of aromatic nitrogens is 5. The predicted molar refractivity (Wildman–Crippen MR) is 106 cm³/mol. The van der Waals surface area contributed by atoms with Gasteiger partial charge in [0.15, 0.2) is 0 Å². The van der Waals surface area contributed by atoms with Crippen molar-refractivity contribution in [2.45, 2.75) is 17.6 Å². The van der Waals surface area contributed by atoms with Gasteiger partial charge in [0.05, 0.1) is 11.8 Å². The largest absolute Gasteiger partial charge is 0.494 e. The van der Waals surface area contributed by atoms with E-state index in [1.54, 1.807) is 4.68 Å². The Morgan fingerprint density at radius 1 is 1.14 bits per heavy atom. The summed E-state index contributed by atoms with van der Waals surface area (Å²) in [5, 5.41) is 15.6. The minimum Gasteiger partial charge on any atom is -0.494 e. The number of benzene rings is 1. The van der Waals surface area contributed by atoms with E-state index in [4.69, 9.17) is 0 Å². The molecule has 0 fully saturated rings. The van der Waals surface area contributed by atoms with Gasteiger partial charge < -0.3 is 5.11 Å². The first-order chi connectivity index (χ1) is 13.4. The summed E-state index contributed by atoms with van der Waals surface area (Å²) in [5.41, 5.74) is 0.162. The van der Waals surface area contributed by atoms with E-state index in [0.29, 0.717) is 23.2 Å². The number of hydrogen-bond donors (Lipinski definition) is 1. The minimum atomic E-state index is -0.602. The van der Waals surface area contributed by atoms with Crippen LogP contribution in [0.15, 0.2) is 50.1 Å². The van der Waals surface area contributed by atoms with Crippen LogP contribution in [0.2, 0.25) is 0 Å². The van der Waals surface area contributed by atoms with Crippen LogP contribution >= 0.6 is 11.8 Å². The Labute approximate surface area is 164 Å². The average molecular weight is 398 g/mol. The van der Waals surface area contributed by atoms with Crippen molar-refractivity contribution in [3.63, 3.8) is 0 Å². The van der Waals surface area contributed by atoms with Crippen molar-refractivity contribution in [1.82, 2.24) is 23.9 Å². The Hall–Kier alpha value is -3.14. The van der Waals surface area contributed by atoms with Gasteiger partial charge in [-0.3, -0.25) is 13.9 Å². The summed E-state index contributed by atoms with van der Waals surface area (Å²) in [4.78, 5) is 33.7. The third-order valence-corrected chi connectivity index (χ3v) is 5.34. The van der Waals surface area contributed by atoms with Crippen LogP contribution in [0.4, 0.5) is 5.95 Å². The molecule has 1 N–H and O–H groups in total. The van der Waals surface area contributed by atoms with Crippen LogP contribution in [0.3, 0.4) is 0 Å². The molecule has 9 nitrogen and oxygen atoms in total. The molecule has 0 spiro atoms. The Kier molecular flexibility index (Phi) is 4.42. The van der Waals surface area contributed by atoms with Crippen LogP contribution in [0.5, 0.6) is 5.88 Å². The molecule has 3 aromatic rings. The topological polar surface area (TPSA) is 107 Å². The molecule has 0 bridgehead atoms. The second-order valence-electron chi connectivity index (χ2n) is 6.44. The van der Waals surface area contributed by atoms with Crippen molar-refractivity contribution >= 4 is 23.4 Å². The molecule has 2 aromatic heterocycles. The molecule has 3 heterocycles. The van der Waals surface area contributed by atoms with Crippen LogP contribution in [-0.2, 0) is 14.1 Å². The summed E-state index contributed by atoms with van der Waals surface area (Å²) >= 11 is 1.40. The van der Waals surface area contributed by atoms with Crippen molar-refractivity contribution in [3.05, 3.63) is 62.3 Å². The molecule has 0 radical (unpaired) electrons. The molecule has 1 atom stereocenters. The molecule has 10 heteroatoms. The molecule has 1 aromatic carbocycles. The summed E-state index contributed by atoms with van der Waals surface area (Å²) in [6.07, 6.45) is 2.20. The van der Waals surface area contributed by atoms with Gasteiger partial charge in [-0.05, 0) is 11.8 Å². The third-order valence-electron chi connectivity index (χ3n) is 4.80. The quantitative estimate of drug-likeness (QED) is 0.665. The van der Waals surface area contributed by atoms with Gasteiger partial charge in [0.1, 0.15) is 5.56 Å². The number of rotatable bonds is 3. The van der Waals surface area contributed by atoms with Crippen molar-refractivity contribution in [2.75, 3.05) is 6.26 Å².